The van der Waals surface area contributed by atoms with E-state index in [1.54, 1.807) is 12.1 Å². The van der Waals surface area contributed by atoms with Gasteiger partial charge in [0, 0.05) is 12.0 Å². The van der Waals surface area contributed by atoms with Crippen molar-refractivity contribution < 1.29 is 19.7 Å². The summed E-state index contributed by atoms with van der Waals surface area (Å²) in [6.07, 6.45) is 0.0821. The highest BCUT2D eigenvalue weighted by Crippen LogP contribution is 2.37. The Labute approximate surface area is 87.1 Å². The van der Waals surface area contributed by atoms with Crippen LogP contribution in [0.4, 0.5) is 0 Å². The van der Waals surface area contributed by atoms with Gasteiger partial charge < -0.3 is 14.9 Å². The van der Waals surface area contributed by atoms with Gasteiger partial charge in [0.2, 0.25) is 0 Å². The number of carboxylic acids is 1. The van der Waals surface area contributed by atoms with E-state index in [0.29, 0.717) is 11.3 Å². The summed E-state index contributed by atoms with van der Waals surface area (Å²) in [6, 6.07) is 5.17. The summed E-state index contributed by atoms with van der Waals surface area (Å²) >= 11 is 0. The summed E-state index contributed by atoms with van der Waals surface area (Å²) in [5.41, 5.74) is -0.556. The van der Waals surface area contributed by atoms with Gasteiger partial charge in [-0.25, -0.2) is 4.79 Å². The van der Waals surface area contributed by atoms with Crippen molar-refractivity contribution in [3.05, 3.63) is 29.3 Å². The number of carbonyl (C=O) groups is 1. The Bertz CT molecular complexity index is 413. The second kappa shape index (κ2) is 3.24. The molecule has 0 spiro atoms. The van der Waals surface area contributed by atoms with Crippen molar-refractivity contribution in [1.82, 2.24) is 0 Å². The zero-order valence-electron chi connectivity index (χ0n) is 8.36. The van der Waals surface area contributed by atoms with Crippen molar-refractivity contribution in [2.45, 2.75) is 18.9 Å². The average Bonchev–Trinajstić information content (AvgIpc) is 2.19. The van der Waals surface area contributed by atoms with Gasteiger partial charge in [-0.1, -0.05) is 11.6 Å². The van der Waals surface area contributed by atoms with Crippen LogP contribution >= 0.6 is 0 Å². The van der Waals surface area contributed by atoms with Gasteiger partial charge in [0.05, 0.1) is 6.61 Å². The minimum Gasteiger partial charge on any atom is -0.493 e. The molecule has 0 saturated carbocycles. The molecule has 2 rings (SSSR count). The first kappa shape index (κ1) is 9.98. The maximum atomic E-state index is 11.0. The van der Waals surface area contributed by atoms with Gasteiger partial charge in [-0.2, -0.15) is 0 Å². The third kappa shape index (κ3) is 1.47. The SMILES string of the molecule is Cc1ccc2c(c1)C(O)(C(=O)O)CCO2. The molecule has 1 atom stereocenters. The fourth-order valence-corrected chi connectivity index (χ4v) is 1.76. The predicted molar refractivity (Wildman–Crippen MR) is 52.8 cm³/mol. The molecule has 1 aromatic rings. The van der Waals surface area contributed by atoms with E-state index in [1.165, 1.54) is 0 Å². The summed E-state index contributed by atoms with van der Waals surface area (Å²) < 4.78 is 5.30. The fraction of sp³-hybridized carbons (Fsp3) is 0.364. The molecule has 0 aromatic heterocycles. The van der Waals surface area contributed by atoms with Gasteiger partial charge in [0.25, 0.3) is 0 Å². The Morgan fingerprint density at radius 3 is 2.93 bits per heavy atom. The molecule has 2 N–H and O–H groups in total. The van der Waals surface area contributed by atoms with Gasteiger partial charge in [-0.3, -0.25) is 0 Å². The number of hydrogen-bond acceptors (Lipinski definition) is 3. The highest BCUT2D eigenvalue weighted by molar-refractivity contribution is 5.80. The maximum Gasteiger partial charge on any atom is 0.340 e. The number of aliphatic carboxylic acids is 1. The summed E-state index contributed by atoms with van der Waals surface area (Å²) in [5, 5.41) is 19.1. The van der Waals surface area contributed by atoms with E-state index >= 15 is 0 Å². The molecule has 1 unspecified atom stereocenters. The summed E-state index contributed by atoms with van der Waals surface area (Å²) in [5.74, 6) is -0.769. The standard InChI is InChI=1S/C11H12O4/c1-7-2-3-9-8(6-7)11(14,10(12)13)4-5-15-9/h2-3,6,14H,4-5H2,1H3,(H,12,13). The minimum absolute atomic E-state index is 0.0821. The molecular weight excluding hydrogens is 196 g/mol. The smallest absolute Gasteiger partial charge is 0.340 e. The molecule has 0 bridgehead atoms. The number of rotatable bonds is 1. The van der Waals surface area contributed by atoms with Crippen LogP contribution in [-0.4, -0.2) is 22.8 Å². The van der Waals surface area contributed by atoms with E-state index in [2.05, 4.69) is 0 Å². The number of aliphatic hydroxyl groups is 1. The molecule has 0 fully saturated rings. The Balaban J connectivity index is 2.59. The molecule has 1 aliphatic rings. The highest BCUT2D eigenvalue weighted by Gasteiger charge is 2.42. The lowest BCUT2D eigenvalue weighted by Gasteiger charge is -2.30. The zero-order valence-corrected chi connectivity index (χ0v) is 8.36. The second-order valence-electron chi connectivity index (χ2n) is 3.76. The molecule has 0 radical (unpaired) electrons. The van der Waals surface area contributed by atoms with Crippen LogP contribution in [0.15, 0.2) is 18.2 Å². The van der Waals surface area contributed by atoms with Crippen LogP contribution in [0.3, 0.4) is 0 Å². The number of benzene rings is 1. The first-order chi connectivity index (χ1) is 7.04. The molecule has 1 aliphatic heterocycles. The quantitative estimate of drug-likeness (QED) is 0.723. The number of fused-ring (bicyclic) bond motifs is 1. The van der Waals surface area contributed by atoms with Gasteiger partial charge in [-0.15, -0.1) is 0 Å². The zero-order chi connectivity index (χ0) is 11.1. The maximum absolute atomic E-state index is 11.0. The van der Waals surface area contributed by atoms with Crippen LogP contribution in [0, 0.1) is 6.92 Å². The van der Waals surface area contributed by atoms with Crippen molar-refractivity contribution in [3.8, 4) is 5.75 Å². The van der Waals surface area contributed by atoms with E-state index in [9.17, 15) is 9.90 Å². The van der Waals surface area contributed by atoms with Crippen molar-refractivity contribution >= 4 is 5.97 Å². The van der Waals surface area contributed by atoms with Crippen LogP contribution in [0.2, 0.25) is 0 Å². The summed E-state index contributed by atoms with van der Waals surface area (Å²) in [7, 11) is 0. The van der Waals surface area contributed by atoms with Crippen molar-refractivity contribution in [3.63, 3.8) is 0 Å². The van der Waals surface area contributed by atoms with Crippen molar-refractivity contribution in [2.75, 3.05) is 6.61 Å². The number of hydrogen-bond donors (Lipinski definition) is 2. The number of aryl methyl sites for hydroxylation is 1. The molecule has 0 amide bonds. The molecule has 4 heteroatoms. The fourth-order valence-electron chi connectivity index (χ4n) is 1.76. The van der Waals surface area contributed by atoms with E-state index < -0.39 is 11.6 Å². The molecule has 1 heterocycles. The van der Waals surface area contributed by atoms with E-state index in [4.69, 9.17) is 9.84 Å². The lowest BCUT2D eigenvalue weighted by Crippen LogP contribution is -2.40. The first-order valence-corrected chi connectivity index (χ1v) is 4.74. The Morgan fingerprint density at radius 1 is 1.53 bits per heavy atom. The minimum atomic E-state index is -1.81. The normalized spacial score (nSPS) is 24.1. The Kier molecular flexibility index (Phi) is 2.16. The van der Waals surface area contributed by atoms with Crippen LogP contribution in [0.25, 0.3) is 0 Å². The molecule has 0 saturated heterocycles. The molecule has 1 aromatic carbocycles. The van der Waals surface area contributed by atoms with Gasteiger partial charge in [0.1, 0.15) is 5.75 Å². The van der Waals surface area contributed by atoms with Gasteiger partial charge in [0.15, 0.2) is 5.60 Å². The first-order valence-electron chi connectivity index (χ1n) is 4.74. The van der Waals surface area contributed by atoms with Crippen LogP contribution < -0.4 is 4.74 Å². The molecule has 80 valence electrons. The van der Waals surface area contributed by atoms with Crippen LogP contribution in [0.5, 0.6) is 5.75 Å². The topological polar surface area (TPSA) is 66.8 Å². The second-order valence-corrected chi connectivity index (χ2v) is 3.76. The van der Waals surface area contributed by atoms with Crippen LogP contribution in [0.1, 0.15) is 17.5 Å². The number of carboxylic acid groups (broad SMARTS) is 1. The lowest BCUT2D eigenvalue weighted by atomic mass is 9.87. The van der Waals surface area contributed by atoms with E-state index in [0.717, 1.165) is 5.56 Å². The highest BCUT2D eigenvalue weighted by atomic mass is 16.5. The number of ether oxygens (including phenoxy) is 1. The third-order valence-electron chi connectivity index (χ3n) is 2.66. The third-order valence-corrected chi connectivity index (χ3v) is 2.66. The Morgan fingerprint density at radius 2 is 2.27 bits per heavy atom. The molecule has 4 nitrogen and oxygen atoms in total. The summed E-state index contributed by atoms with van der Waals surface area (Å²) in [4.78, 5) is 11.0. The average molecular weight is 208 g/mol. The molecular formula is C11H12O4. The van der Waals surface area contributed by atoms with Crippen molar-refractivity contribution in [1.29, 1.82) is 0 Å². The predicted octanol–water partition coefficient (Wildman–Crippen LogP) is 1.05. The molecule has 15 heavy (non-hydrogen) atoms. The van der Waals surface area contributed by atoms with Gasteiger partial charge in [-0.05, 0) is 19.1 Å². The van der Waals surface area contributed by atoms with Gasteiger partial charge >= 0.3 is 5.97 Å². The van der Waals surface area contributed by atoms with Crippen LogP contribution in [-0.2, 0) is 10.4 Å². The van der Waals surface area contributed by atoms with E-state index in [-0.39, 0.29) is 13.0 Å². The lowest BCUT2D eigenvalue weighted by molar-refractivity contribution is -0.162. The van der Waals surface area contributed by atoms with Crippen molar-refractivity contribution in [2.24, 2.45) is 0 Å². The molecule has 0 aliphatic carbocycles. The van der Waals surface area contributed by atoms with E-state index in [1.807, 2.05) is 13.0 Å². The largest absolute Gasteiger partial charge is 0.493 e. The Hall–Kier alpha value is -1.55. The monoisotopic (exact) mass is 208 g/mol. The summed E-state index contributed by atoms with van der Waals surface area (Å²) in [6.45, 7) is 2.07.